The van der Waals surface area contributed by atoms with Gasteiger partial charge < -0.3 is 10.2 Å². The van der Waals surface area contributed by atoms with Crippen molar-refractivity contribution in [3.05, 3.63) is 65.0 Å². The van der Waals surface area contributed by atoms with E-state index < -0.39 is 0 Å². The van der Waals surface area contributed by atoms with Crippen molar-refractivity contribution in [3.8, 4) is 0 Å². The smallest absolute Gasteiger partial charge is 0.254 e. The number of rotatable bonds is 4. The molecule has 3 heterocycles. The van der Waals surface area contributed by atoms with Gasteiger partial charge in [0.15, 0.2) is 0 Å². The quantitative estimate of drug-likeness (QED) is 0.905. The number of pyridine rings is 1. The molecule has 0 radical (unpaired) electrons. The molecule has 0 spiro atoms. The first-order valence-corrected chi connectivity index (χ1v) is 9.94. The molecule has 2 aliphatic rings. The fraction of sp³-hybridized carbons (Fsp3) is 0.455. The molecule has 2 aliphatic heterocycles. The van der Waals surface area contributed by atoms with Gasteiger partial charge in [-0.15, -0.1) is 0 Å². The molecule has 1 aromatic heterocycles. The molecule has 1 aromatic carbocycles. The molecular weight excluding hydrogens is 336 g/mol. The van der Waals surface area contributed by atoms with Crippen LogP contribution >= 0.6 is 0 Å². The first-order valence-electron chi connectivity index (χ1n) is 9.94. The summed E-state index contributed by atoms with van der Waals surface area (Å²) in [6, 6.07) is 12.3. The number of amides is 1. The summed E-state index contributed by atoms with van der Waals surface area (Å²) in [6.07, 6.45) is 2.97. The molecule has 5 nitrogen and oxygen atoms in total. The fourth-order valence-electron chi connectivity index (χ4n) is 4.14. The van der Waals surface area contributed by atoms with Crippen molar-refractivity contribution >= 4 is 5.91 Å². The van der Waals surface area contributed by atoms with Gasteiger partial charge in [0.05, 0.1) is 5.69 Å². The summed E-state index contributed by atoms with van der Waals surface area (Å²) < 4.78 is 0. The van der Waals surface area contributed by atoms with Gasteiger partial charge in [-0.2, -0.15) is 0 Å². The number of benzene rings is 1. The number of hydrogen-bond acceptors (Lipinski definition) is 4. The van der Waals surface area contributed by atoms with Gasteiger partial charge >= 0.3 is 0 Å². The Morgan fingerprint density at radius 2 is 1.96 bits per heavy atom. The van der Waals surface area contributed by atoms with Gasteiger partial charge in [-0.1, -0.05) is 24.3 Å². The van der Waals surface area contributed by atoms with Crippen molar-refractivity contribution in [1.29, 1.82) is 0 Å². The molecule has 1 atom stereocenters. The van der Waals surface area contributed by atoms with Crippen LogP contribution in [-0.2, 0) is 6.54 Å². The minimum Gasteiger partial charge on any atom is -0.336 e. The second kappa shape index (κ2) is 8.19. The maximum atomic E-state index is 13.2. The van der Waals surface area contributed by atoms with Crippen LogP contribution in [0.1, 0.15) is 39.5 Å². The van der Waals surface area contributed by atoms with Crippen molar-refractivity contribution in [2.75, 3.05) is 39.3 Å². The SMILES string of the molecule is Cc1cccnc1CN1CCN(C(=O)c2ccccc2C2CCNC2)CC1. The van der Waals surface area contributed by atoms with E-state index in [1.54, 1.807) is 0 Å². The maximum absolute atomic E-state index is 13.2. The molecule has 2 fully saturated rings. The van der Waals surface area contributed by atoms with Crippen LogP contribution in [0.5, 0.6) is 0 Å². The Balaban J connectivity index is 1.40. The molecule has 142 valence electrons. The normalized spacial score (nSPS) is 20.8. The predicted octanol–water partition coefficient (Wildman–Crippen LogP) is 2.42. The van der Waals surface area contributed by atoms with Crippen LogP contribution in [0.25, 0.3) is 0 Å². The Kier molecular flexibility index (Phi) is 5.50. The van der Waals surface area contributed by atoms with Gasteiger partial charge in [0, 0.05) is 51.0 Å². The lowest BCUT2D eigenvalue weighted by atomic mass is 9.93. The lowest BCUT2D eigenvalue weighted by Crippen LogP contribution is -2.48. The highest BCUT2D eigenvalue weighted by Gasteiger charge is 2.27. The highest BCUT2D eigenvalue weighted by atomic mass is 16.2. The molecule has 0 saturated carbocycles. The Hall–Kier alpha value is -2.24. The zero-order valence-electron chi connectivity index (χ0n) is 16.0. The van der Waals surface area contributed by atoms with Crippen LogP contribution in [-0.4, -0.2) is 60.0 Å². The zero-order valence-corrected chi connectivity index (χ0v) is 16.0. The molecule has 2 aromatic rings. The van der Waals surface area contributed by atoms with E-state index in [1.165, 1.54) is 11.1 Å². The predicted molar refractivity (Wildman–Crippen MR) is 107 cm³/mol. The Morgan fingerprint density at radius 1 is 1.15 bits per heavy atom. The van der Waals surface area contributed by atoms with E-state index in [0.717, 1.165) is 63.5 Å². The number of aryl methyl sites for hydroxylation is 1. The van der Waals surface area contributed by atoms with Gasteiger partial charge in [0.25, 0.3) is 5.91 Å². The Morgan fingerprint density at radius 3 is 2.70 bits per heavy atom. The van der Waals surface area contributed by atoms with Crippen LogP contribution in [0.3, 0.4) is 0 Å². The number of piperazine rings is 1. The zero-order chi connectivity index (χ0) is 18.6. The first-order chi connectivity index (χ1) is 13.2. The number of nitrogens with zero attached hydrogens (tertiary/aromatic N) is 3. The summed E-state index contributed by atoms with van der Waals surface area (Å²) >= 11 is 0. The largest absolute Gasteiger partial charge is 0.336 e. The number of hydrogen-bond donors (Lipinski definition) is 1. The molecule has 1 unspecified atom stereocenters. The average molecular weight is 364 g/mol. The Bertz CT molecular complexity index is 792. The molecule has 0 aliphatic carbocycles. The molecule has 2 saturated heterocycles. The molecule has 1 N–H and O–H groups in total. The Labute approximate surface area is 161 Å². The van der Waals surface area contributed by atoms with E-state index in [0.29, 0.717) is 5.92 Å². The minimum absolute atomic E-state index is 0.186. The van der Waals surface area contributed by atoms with Crippen LogP contribution in [0.4, 0.5) is 0 Å². The van der Waals surface area contributed by atoms with E-state index in [4.69, 9.17) is 0 Å². The lowest BCUT2D eigenvalue weighted by Gasteiger charge is -2.35. The highest BCUT2D eigenvalue weighted by Crippen LogP contribution is 2.26. The molecular formula is C22H28N4O. The van der Waals surface area contributed by atoms with Crippen molar-refractivity contribution in [1.82, 2.24) is 20.1 Å². The standard InChI is InChI=1S/C22H28N4O/c1-17-5-4-9-24-21(17)16-25-11-13-26(14-12-25)22(27)20-7-3-2-6-19(20)18-8-10-23-15-18/h2-7,9,18,23H,8,10-16H2,1H3. The van der Waals surface area contributed by atoms with E-state index in [-0.39, 0.29) is 5.91 Å². The summed E-state index contributed by atoms with van der Waals surface area (Å²) in [6.45, 7) is 8.34. The van der Waals surface area contributed by atoms with E-state index in [2.05, 4.69) is 40.3 Å². The summed E-state index contributed by atoms with van der Waals surface area (Å²) in [7, 11) is 0. The van der Waals surface area contributed by atoms with E-state index in [1.807, 2.05) is 29.3 Å². The van der Waals surface area contributed by atoms with Crippen LogP contribution in [0, 0.1) is 6.92 Å². The van der Waals surface area contributed by atoms with E-state index >= 15 is 0 Å². The number of carbonyl (C=O) groups is 1. The third-order valence-corrected chi connectivity index (χ3v) is 5.84. The molecule has 4 rings (SSSR count). The second-order valence-corrected chi connectivity index (χ2v) is 7.61. The summed E-state index contributed by atoms with van der Waals surface area (Å²) in [5.74, 6) is 0.643. The van der Waals surface area contributed by atoms with Gasteiger partial charge in [-0.05, 0) is 49.1 Å². The number of carbonyl (C=O) groups excluding carboxylic acids is 1. The molecule has 0 bridgehead atoms. The topological polar surface area (TPSA) is 48.5 Å². The summed E-state index contributed by atoms with van der Waals surface area (Å²) in [5.41, 5.74) is 4.46. The highest BCUT2D eigenvalue weighted by molar-refractivity contribution is 5.96. The summed E-state index contributed by atoms with van der Waals surface area (Å²) in [4.78, 5) is 22.1. The average Bonchev–Trinajstić information content (AvgIpc) is 3.24. The summed E-state index contributed by atoms with van der Waals surface area (Å²) in [5, 5.41) is 3.41. The van der Waals surface area contributed by atoms with E-state index in [9.17, 15) is 4.79 Å². The van der Waals surface area contributed by atoms with Gasteiger partial charge in [0.1, 0.15) is 0 Å². The number of nitrogens with one attached hydrogen (secondary N) is 1. The lowest BCUT2D eigenvalue weighted by molar-refractivity contribution is 0.0625. The molecule has 27 heavy (non-hydrogen) atoms. The first kappa shape index (κ1) is 18.1. The number of aromatic nitrogens is 1. The fourth-order valence-corrected chi connectivity index (χ4v) is 4.14. The minimum atomic E-state index is 0.186. The van der Waals surface area contributed by atoms with Gasteiger partial charge in [0.2, 0.25) is 0 Å². The van der Waals surface area contributed by atoms with Crippen LogP contribution in [0.15, 0.2) is 42.6 Å². The second-order valence-electron chi connectivity index (χ2n) is 7.61. The van der Waals surface area contributed by atoms with Gasteiger partial charge in [-0.3, -0.25) is 14.7 Å². The van der Waals surface area contributed by atoms with Crippen molar-refractivity contribution < 1.29 is 4.79 Å². The van der Waals surface area contributed by atoms with Crippen LogP contribution < -0.4 is 5.32 Å². The van der Waals surface area contributed by atoms with Gasteiger partial charge in [-0.25, -0.2) is 0 Å². The van der Waals surface area contributed by atoms with Crippen molar-refractivity contribution in [2.45, 2.75) is 25.8 Å². The monoisotopic (exact) mass is 364 g/mol. The third-order valence-electron chi connectivity index (χ3n) is 5.84. The van der Waals surface area contributed by atoms with Crippen molar-refractivity contribution in [3.63, 3.8) is 0 Å². The maximum Gasteiger partial charge on any atom is 0.254 e. The van der Waals surface area contributed by atoms with Crippen molar-refractivity contribution in [2.24, 2.45) is 0 Å². The molecule has 5 heteroatoms. The third kappa shape index (κ3) is 4.04. The van der Waals surface area contributed by atoms with Crippen LogP contribution in [0.2, 0.25) is 0 Å². The molecule has 1 amide bonds.